The molecule has 0 radical (unpaired) electrons. The number of aliphatic imine (C=N–C) groups is 1. The maximum Gasteiger partial charge on any atom is 0.266 e. The lowest BCUT2D eigenvalue weighted by Gasteiger charge is -2.31. The largest absolute Gasteiger partial charge is 0.494 e. The Bertz CT molecular complexity index is 1580. The molecule has 0 aliphatic carbocycles. The molecule has 0 saturated heterocycles. The molecule has 2 atom stereocenters. The molecular formula is C33H30Br2ClN3O4. The van der Waals surface area contributed by atoms with E-state index in [1.54, 1.807) is 6.07 Å². The standard InChI is InChI=1S/C33H30Br2ClN3O4/c34-25-13-9-22(10-14-25)20-33(32(41)39-37-21-23-5-3-6-26(36)19-23)30(28-7-1-2-8-29(28)35)43-31(38-33)24-11-15-27(16-12-24)42-18-4-17-40/h1-3,5-16,19,30,37,40H,4,17-18,20-21H2,(H,39,41)/t30-,33-/m0/s1. The molecule has 0 bridgehead atoms. The summed E-state index contributed by atoms with van der Waals surface area (Å²) in [4.78, 5) is 19.4. The number of hydrogen-bond acceptors (Lipinski definition) is 6. The fourth-order valence-corrected chi connectivity index (χ4v) is 5.81. The fraction of sp³-hybridized carbons (Fsp3) is 0.212. The van der Waals surface area contributed by atoms with Crippen molar-refractivity contribution in [3.05, 3.63) is 133 Å². The van der Waals surface area contributed by atoms with Crippen LogP contribution in [0.2, 0.25) is 5.02 Å². The molecule has 4 aromatic carbocycles. The Morgan fingerprint density at radius 2 is 1.74 bits per heavy atom. The molecule has 1 aliphatic heterocycles. The van der Waals surface area contributed by atoms with Crippen LogP contribution >= 0.6 is 43.5 Å². The van der Waals surface area contributed by atoms with Crippen molar-refractivity contribution in [3.8, 4) is 5.75 Å². The summed E-state index contributed by atoms with van der Waals surface area (Å²) in [5.41, 5.74) is 7.97. The van der Waals surface area contributed by atoms with Gasteiger partial charge in [0.2, 0.25) is 5.90 Å². The lowest BCUT2D eigenvalue weighted by atomic mass is 9.82. The minimum atomic E-state index is -1.36. The Labute approximate surface area is 272 Å². The van der Waals surface area contributed by atoms with Gasteiger partial charge in [-0.1, -0.05) is 85.9 Å². The minimum absolute atomic E-state index is 0.0651. The number of ether oxygens (including phenoxy) is 2. The van der Waals surface area contributed by atoms with Gasteiger partial charge in [-0.3, -0.25) is 10.2 Å². The number of rotatable bonds is 12. The maximum absolute atomic E-state index is 14.3. The van der Waals surface area contributed by atoms with Crippen molar-refractivity contribution in [1.29, 1.82) is 0 Å². The summed E-state index contributed by atoms with van der Waals surface area (Å²) in [5.74, 6) is 0.684. The fourth-order valence-electron chi connectivity index (χ4n) is 4.84. The van der Waals surface area contributed by atoms with Crippen molar-refractivity contribution in [1.82, 2.24) is 10.9 Å². The van der Waals surface area contributed by atoms with Crippen LogP contribution in [-0.2, 0) is 22.5 Å². The van der Waals surface area contributed by atoms with Gasteiger partial charge in [-0.05, 0) is 65.7 Å². The molecule has 0 fully saturated rings. The molecule has 222 valence electrons. The number of nitrogens with zero attached hydrogens (tertiary/aromatic N) is 1. The van der Waals surface area contributed by atoms with Gasteiger partial charge < -0.3 is 14.6 Å². The number of aliphatic hydroxyl groups excluding tert-OH is 1. The Morgan fingerprint density at radius 1 is 0.977 bits per heavy atom. The molecule has 0 spiro atoms. The first-order valence-corrected chi connectivity index (χ1v) is 15.7. The Hall–Kier alpha value is -3.21. The monoisotopic (exact) mass is 725 g/mol. The second-order valence-electron chi connectivity index (χ2n) is 10.1. The third-order valence-corrected chi connectivity index (χ3v) is 8.47. The summed E-state index contributed by atoms with van der Waals surface area (Å²) in [6, 6.07) is 30.3. The SMILES string of the molecule is O=C(NNCc1cccc(Cl)c1)[C@@]1(Cc2ccc(Br)cc2)N=C(c2ccc(OCCCO)cc2)O[C@H]1c1ccccc1Br. The second-order valence-corrected chi connectivity index (χ2v) is 12.3. The Kier molecular flexibility index (Phi) is 10.5. The van der Waals surface area contributed by atoms with Crippen LogP contribution in [0.5, 0.6) is 5.75 Å². The number of hydrogen-bond donors (Lipinski definition) is 3. The molecule has 5 rings (SSSR count). The van der Waals surface area contributed by atoms with Crippen LogP contribution in [0.1, 0.15) is 34.8 Å². The first-order chi connectivity index (χ1) is 20.9. The van der Waals surface area contributed by atoms with Crippen molar-refractivity contribution in [2.75, 3.05) is 13.2 Å². The van der Waals surface area contributed by atoms with E-state index >= 15 is 0 Å². The lowest BCUT2D eigenvalue weighted by Crippen LogP contribution is -2.53. The number of nitrogens with one attached hydrogen (secondary N) is 2. The number of amides is 1. The quantitative estimate of drug-likeness (QED) is 0.109. The minimum Gasteiger partial charge on any atom is -0.494 e. The number of carbonyl (C=O) groups excluding carboxylic acids is 1. The third-order valence-electron chi connectivity index (χ3n) is 6.99. The molecule has 1 aliphatic rings. The highest BCUT2D eigenvalue weighted by Gasteiger charge is 2.54. The van der Waals surface area contributed by atoms with Gasteiger partial charge in [0.25, 0.3) is 5.91 Å². The molecule has 1 heterocycles. The first-order valence-electron chi connectivity index (χ1n) is 13.8. The Balaban J connectivity index is 1.52. The van der Waals surface area contributed by atoms with Crippen LogP contribution in [0.25, 0.3) is 0 Å². The van der Waals surface area contributed by atoms with Gasteiger partial charge in [0, 0.05) is 51.1 Å². The van der Waals surface area contributed by atoms with Gasteiger partial charge in [-0.25, -0.2) is 10.4 Å². The van der Waals surface area contributed by atoms with Crippen LogP contribution in [0.15, 0.2) is 111 Å². The van der Waals surface area contributed by atoms with Gasteiger partial charge in [0.15, 0.2) is 11.6 Å². The topological polar surface area (TPSA) is 92.2 Å². The second kappa shape index (κ2) is 14.5. The molecule has 0 aromatic heterocycles. The number of aliphatic hydroxyl groups is 1. The number of carbonyl (C=O) groups is 1. The molecule has 4 aromatic rings. The zero-order chi connectivity index (χ0) is 30.2. The van der Waals surface area contributed by atoms with E-state index in [4.69, 9.17) is 31.2 Å². The number of halogens is 3. The van der Waals surface area contributed by atoms with Gasteiger partial charge in [0.05, 0.1) is 6.61 Å². The van der Waals surface area contributed by atoms with E-state index in [1.807, 2.05) is 91.0 Å². The van der Waals surface area contributed by atoms with Crippen LogP contribution in [0, 0.1) is 0 Å². The highest BCUT2D eigenvalue weighted by molar-refractivity contribution is 9.10. The van der Waals surface area contributed by atoms with Crippen molar-refractivity contribution < 1.29 is 19.4 Å². The molecule has 0 saturated carbocycles. The van der Waals surface area contributed by atoms with E-state index < -0.39 is 11.6 Å². The summed E-state index contributed by atoms with van der Waals surface area (Å²) >= 11 is 13.3. The van der Waals surface area contributed by atoms with E-state index in [9.17, 15) is 4.79 Å². The highest BCUT2D eigenvalue weighted by atomic mass is 79.9. The van der Waals surface area contributed by atoms with Crippen LogP contribution in [0.4, 0.5) is 0 Å². The number of benzene rings is 4. The average Bonchev–Trinajstić information content (AvgIpc) is 3.39. The number of hydrazine groups is 1. The summed E-state index contributed by atoms with van der Waals surface area (Å²) in [7, 11) is 0. The highest BCUT2D eigenvalue weighted by Crippen LogP contribution is 2.44. The van der Waals surface area contributed by atoms with Crippen molar-refractivity contribution in [2.24, 2.45) is 4.99 Å². The zero-order valence-corrected chi connectivity index (χ0v) is 27.0. The van der Waals surface area contributed by atoms with Crippen molar-refractivity contribution in [2.45, 2.75) is 31.0 Å². The predicted molar refractivity (Wildman–Crippen MR) is 175 cm³/mol. The van der Waals surface area contributed by atoms with Gasteiger partial charge >= 0.3 is 0 Å². The average molecular weight is 728 g/mol. The van der Waals surface area contributed by atoms with Crippen molar-refractivity contribution in [3.63, 3.8) is 0 Å². The molecule has 10 heteroatoms. The van der Waals surface area contributed by atoms with Gasteiger partial charge in [-0.15, -0.1) is 0 Å². The van der Waals surface area contributed by atoms with E-state index in [1.165, 1.54) is 0 Å². The van der Waals surface area contributed by atoms with E-state index in [0.29, 0.717) is 41.8 Å². The molecular weight excluding hydrogens is 698 g/mol. The Morgan fingerprint density at radius 3 is 2.47 bits per heavy atom. The smallest absolute Gasteiger partial charge is 0.266 e. The van der Waals surface area contributed by atoms with Crippen LogP contribution < -0.4 is 15.6 Å². The summed E-state index contributed by atoms with van der Waals surface area (Å²) in [6.45, 7) is 0.848. The van der Waals surface area contributed by atoms with Gasteiger partial charge in [-0.2, -0.15) is 0 Å². The van der Waals surface area contributed by atoms with Crippen LogP contribution in [0.3, 0.4) is 0 Å². The normalized spacial score (nSPS) is 17.7. The van der Waals surface area contributed by atoms with E-state index in [2.05, 4.69) is 42.7 Å². The molecule has 0 unspecified atom stereocenters. The summed E-state index contributed by atoms with van der Waals surface area (Å²) in [5, 5.41) is 9.67. The van der Waals surface area contributed by atoms with Crippen molar-refractivity contribution >= 4 is 55.3 Å². The van der Waals surface area contributed by atoms with E-state index in [-0.39, 0.29) is 18.9 Å². The maximum atomic E-state index is 14.3. The molecule has 7 nitrogen and oxygen atoms in total. The molecule has 43 heavy (non-hydrogen) atoms. The van der Waals surface area contributed by atoms with E-state index in [0.717, 1.165) is 25.6 Å². The molecule has 3 N–H and O–H groups in total. The predicted octanol–water partition coefficient (Wildman–Crippen LogP) is 6.95. The third kappa shape index (κ3) is 7.66. The van der Waals surface area contributed by atoms with Crippen LogP contribution in [-0.4, -0.2) is 35.7 Å². The zero-order valence-electron chi connectivity index (χ0n) is 23.1. The first kappa shape index (κ1) is 31.2. The summed E-state index contributed by atoms with van der Waals surface area (Å²) in [6.07, 6.45) is 0.0859. The molecule has 1 amide bonds. The van der Waals surface area contributed by atoms with Gasteiger partial charge in [0.1, 0.15) is 5.75 Å². The summed E-state index contributed by atoms with van der Waals surface area (Å²) < 4.78 is 14.0. The lowest BCUT2D eigenvalue weighted by molar-refractivity contribution is -0.130.